The lowest BCUT2D eigenvalue weighted by Gasteiger charge is -2.05. The molecule has 2 rings (SSSR count). The summed E-state index contributed by atoms with van der Waals surface area (Å²) in [7, 11) is 0. The molecule has 26 heavy (non-hydrogen) atoms. The number of benzene rings is 2. The van der Waals surface area contributed by atoms with Crippen LogP contribution in [0.2, 0.25) is 0 Å². The number of carboxylic acids is 1. The number of amides is 1. The van der Waals surface area contributed by atoms with Crippen LogP contribution in [0.3, 0.4) is 0 Å². The van der Waals surface area contributed by atoms with Gasteiger partial charge in [-0.3, -0.25) is 4.79 Å². The first-order valence-corrected chi connectivity index (χ1v) is 7.98. The van der Waals surface area contributed by atoms with Crippen molar-refractivity contribution < 1.29 is 23.8 Å². The van der Waals surface area contributed by atoms with Crippen LogP contribution in [0.4, 0.5) is 9.18 Å². The fourth-order valence-corrected chi connectivity index (χ4v) is 2.10. The van der Waals surface area contributed by atoms with Gasteiger partial charge in [0, 0.05) is 18.5 Å². The molecule has 0 bridgehead atoms. The summed E-state index contributed by atoms with van der Waals surface area (Å²) >= 11 is 0. The van der Waals surface area contributed by atoms with Crippen molar-refractivity contribution in [3.63, 3.8) is 0 Å². The number of hydrogen-bond acceptors (Lipinski definition) is 3. The minimum absolute atomic E-state index is 0.117. The van der Waals surface area contributed by atoms with E-state index in [1.165, 1.54) is 12.1 Å². The van der Waals surface area contributed by atoms with Gasteiger partial charge in [0.1, 0.15) is 12.4 Å². The number of nitrogens with one attached hydrogen (secondary N) is 1. The number of ether oxygens (including phenoxy) is 1. The number of carboxylic acid groups (broad SMARTS) is 1. The third-order valence-corrected chi connectivity index (χ3v) is 3.36. The molecule has 6 heteroatoms. The Hall–Kier alpha value is -3.33. The minimum atomic E-state index is -1.09. The van der Waals surface area contributed by atoms with Crippen LogP contribution in [0, 0.1) is 17.7 Å². The van der Waals surface area contributed by atoms with Crippen LogP contribution >= 0.6 is 0 Å². The molecular weight excluding hydrogens is 337 g/mol. The molecule has 0 radical (unpaired) electrons. The molecule has 0 unspecified atom stereocenters. The molecule has 0 heterocycles. The van der Waals surface area contributed by atoms with Crippen molar-refractivity contribution in [2.45, 2.75) is 19.4 Å². The first-order chi connectivity index (χ1) is 12.5. The molecule has 2 aromatic carbocycles. The van der Waals surface area contributed by atoms with Gasteiger partial charge in [-0.05, 0) is 23.3 Å². The molecule has 2 N–H and O–H groups in total. The van der Waals surface area contributed by atoms with E-state index in [1.54, 1.807) is 6.07 Å². The number of carbonyl (C=O) groups is 2. The van der Waals surface area contributed by atoms with E-state index in [9.17, 15) is 14.0 Å². The van der Waals surface area contributed by atoms with Crippen molar-refractivity contribution in [1.29, 1.82) is 0 Å². The topological polar surface area (TPSA) is 75.6 Å². The molecule has 0 aliphatic rings. The number of carbonyl (C=O) groups excluding carboxylic acids is 1. The van der Waals surface area contributed by atoms with Gasteiger partial charge in [-0.25, -0.2) is 9.18 Å². The predicted octanol–water partition coefficient (Wildman–Crippen LogP) is 3.12. The van der Waals surface area contributed by atoms with Gasteiger partial charge in [0.05, 0.1) is 6.42 Å². The lowest BCUT2D eigenvalue weighted by molar-refractivity contribution is -0.136. The highest BCUT2D eigenvalue weighted by atomic mass is 19.1. The van der Waals surface area contributed by atoms with Crippen LogP contribution in [0.5, 0.6) is 0 Å². The van der Waals surface area contributed by atoms with Crippen LogP contribution in [-0.4, -0.2) is 23.7 Å². The second-order valence-electron chi connectivity index (χ2n) is 5.42. The summed E-state index contributed by atoms with van der Waals surface area (Å²) in [5, 5.41) is 11.2. The molecule has 0 saturated carbocycles. The van der Waals surface area contributed by atoms with Crippen LogP contribution in [0.25, 0.3) is 0 Å². The van der Waals surface area contributed by atoms with Gasteiger partial charge in [-0.15, -0.1) is 0 Å². The highest BCUT2D eigenvalue weighted by Gasteiger charge is 2.06. The lowest BCUT2D eigenvalue weighted by Crippen LogP contribution is -2.24. The Bertz CT molecular complexity index is 825. The summed E-state index contributed by atoms with van der Waals surface area (Å²) in [4.78, 5) is 22.1. The van der Waals surface area contributed by atoms with E-state index < -0.39 is 17.9 Å². The number of halogens is 1. The normalized spacial score (nSPS) is 9.73. The van der Waals surface area contributed by atoms with Crippen molar-refractivity contribution >= 4 is 12.1 Å². The Kier molecular flexibility index (Phi) is 7.19. The quantitative estimate of drug-likeness (QED) is 0.617. The van der Waals surface area contributed by atoms with Crippen molar-refractivity contribution in [3.05, 3.63) is 71.0 Å². The molecule has 0 saturated heterocycles. The maximum absolute atomic E-state index is 13.7. The molecule has 0 fully saturated rings. The zero-order valence-corrected chi connectivity index (χ0v) is 14.0. The van der Waals surface area contributed by atoms with Crippen molar-refractivity contribution in [2.75, 3.05) is 6.54 Å². The smallest absolute Gasteiger partial charge is 0.407 e. The number of rotatable bonds is 6. The van der Waals surface area contributed by atoms with E-state index in [0.29, 0.717) is 18.5 Å². The molecule has 0 spiro atoms. The second-order valence-corrected chi connectivity index (χ2v) is 5.42. The summed E-state index contributed by atoms with van der Waals surface area (Å²) in [6, 6.07) is 13.5. The number of hydrogen-bond donors (Lipinski definition) is 2. The largest absolute Gasteiger partial charge is 0.481 e. The van der Waals surface area contributed by atoms with Crippen LogP contribution < -0.4 is 5.32 Å². The van der Waals surface area contributed by atoms with Crippen LogP contribution in [-0.2, 0) is 22.6 Å². The molecule has 0 aromatic heterocycles. The number of alkyl carbamates (subject to hydrolysis) is 1. The van der Waals surface area contributed by atoms with E-state index in [0.717, 1.165) is 5.56 Å². The highest BCUT2D eigenvalue weighted by molar-refractivity contribution is 5.70. The predicted molar refractivity (Wildman–Crippen MR) is 93.9 cm³/mol. The van der Waals surface area contributed by atoms with Gasteiger partial charge < -0.3 is 15.2 Å². The Labute approximate surface area is 150 Å². The maximum Gasteiger partial charge on any atom is 0.407 e. The minimum Gasteiger partial charge on any atom is -0.481 e. The first kappa shape index (κ1) is 19.0. The molecule has 134 valence electrons. The Morgan fingerprint density at radius 3 is 2.62 bits per heavy atom. The van der Waals surface area contributed by atoms with E-state index in [-0.39, 0.29) is 18.6 Å². The first-order valence-electron chi connectivity index (χ1n) is 7.98. The molecular formula is C20H18FNO4. The molecule has 2 aromatic rings. The Balaban J connectivity index is 1.72. The Morgan fingerprint density at radius 1 is 1.15 bits per heavy atom. The molecule has 0 atom stereocenters. The van der Waals surface area contributed by atoms with Crippen LogP contribution in [0.15, 0.2) is 48.5 Å². The second kappa shape index (κ2) is 9.84. The van der Waals surface area contributed by atoms with Gasteiger partial charge in [0.2, 0.25) is 0 Å². The zero-order valence-electron chi connectivity index (χ0n) is 14.0. The highest BCUT2D eigenvalue weighted by Crippen LogP contribution is 2.10. The van der Waals surface area contributed by atoms with Crippen molar-refractivity contribution in [3.8, 4) is 11.8 Å². The third-order valence-electron chi connectivity index (χ3n) is 3.36. The standard InChI is InChI=1S/C20H18FNO4/c21-18-12-15(9-10-17(18)13-19(23)24)6-4-5-11-22-20(25)26-14-16-7-2-1-3-8-16/h1-3,7-10,12H,5,11,13-14H2,(H,22,25)(H,23,24). The van der Waals surface area contributed by atoms with Crippen LogP contribution in [0.1, 0.15) is 23.1 Å². The zero-order chi connectivity index (χ0) is 18.8. The summed E-state index contributed by atoms with van der Waals surface area (Å²) in [6.07, 6.45) is -0.521. The van der Waals surface area contributed by atoms with E-state index in [1.807, 2.05) is 30.3 Å². The fraction of sp³-hybridized carbons (Fsp3) is 0.200. The maximum atomic E-state index is 13.7. The monoisotopic (exact) mass is 355 g/mol. The van der Waals surface area contributed by atoms with Crippen molar-refractivity contribution in [1.82, 2.24) is 5.32 Å². The molecule has 0 aliphatic carbocycles. The van der Waals surface area contributed by atoms with Gasteiger partial charge in [-0.2, -0.15) is 0 Å². The van der Waals surface area contributed by atoms with Gasteiger partial charge in [0.25, 0.3) is 0 Å². The average molecular weight is 355 g/mol. The summed E-state index contributed by atoms with van der Waals surface area (Å²) in [5.41, 5.74) is 1.46. The van der Waals surface area contributed by atoms with Gasteiger partial charge in [0.15, 0.2) is 0 Å². The summed E-state index contributed by atoms with van der Waals surface area (Å²) in [6.45, 7) is 0.501. The van der Waals surface area contributed by atoms with E-state index in [4.69, 9.17) is 9.84 Å². The molecule has 0 aliphatic heterocycles. The SMILES string of the molecule is O=C(O)Cc1ccc(C#CCCNC(=O)OCc2ccccc2)cc1F. The lowest BCUT2D eigenvalue weighted by atomic mass is 10.1. The fourth-order valence-electron chi connectivity index (χ4n) is 2.10. The van der Waals surface area contributed by atoms with Gasteiger partial charge >= 0.3 is 12.1 Å². The van der Waals surface area contributed by atoms with Crippen molar-refractivity contribution in [2.24, 2.45) is 0 Å². The summed E-state index contributed by atoms with van der Waals surface area (Å²) < 4.78 is 18.8. The summed E-state index contributed by atoms with van der Waals surface area (Å²) in [5.74, 6) is 3.90. The van der Waals surface area contributed by atoms with E-state index in [2.05, 4.69) is 17.2 Å². The average Bonchev–Trinajstić information content (AvgIpc) is 2.62. The van der Waals surface area contributed by atoms with E-state index >= 15 is 0 Å². The third kappa shape index (κ3) is 6.65. The van der Waals surface area contributed by atoms with Gasteiger partial charge in [-0.1, -0.05) is 48.2 Å². The Morgan fingerprint density at radius 2 is 1.92 bits per heavy atom. The molecule has 1 amide bonds. The number of aliphatic carboxylic acids is 1. The molecule has 5 nitrogen and oxygen atoms in total.